The van der Waals surface area contributed by atoms with E-state index in [9.17, 15) is 0 Å². The molecule has 5 heteroatoms. The van der Waals surface area contributed by atoms with Crippen LogP contribution in [0.3, 0.4) is 0 Å². The second kappa shape index (κ2) is 29.6. The van der Waals surface area contributed by atoms with Crippen molar-refractivity contribution in [3.05, 3.63) is 10.1 Å². The summed E-state index contributed by atoms with van der Waals surface area (Å²) >= 11 is 0. The van der Waals surface area contributed by atoms with Crippen molar-refractivity contribution >= 4 is 12.4 Å². The summed E-state index contributed by atoms with van der Waals surface area (Å²) in [4.78, 5) is 8.00. The Labute approximate surface area is 45.6 Å². The van der Waals surface area contributed by atoms with Gasteiger partial charge in [-0.2, -0.15) is 0 Å². The zero-order chi connectivity index (χ0) is 2.71. The van der Waals surface area contributed by atoms with Crippen molar-refractivity contribution in [2.45, 2.75) is 0 Å². The van der Waals surface area contributed by atoms with E-state index in [0.717, 1.165) is 5.34 Å². The molecule has 0 unspecified atom stereocenters. The Bertz CT molecular complexity index is 17.1. The Kier molecular flexibility index (Phi) is 112. The predicted octanol–water partition coefficient (Wildman–Crippen LogP) is 0.670. The van der Waals surface area contributed by atoms with E-state index in [2.05, 4.69) is 0 Å². The first-order valence-electron chi connectivity index (χ1n) is 0.365. The number of hydrogen-bond acceptors (Lipinski definition) is 3. The van der Waals surface area contributed by atoms with E-state index in [1.54, 1.807) is 0 Å². The summed E-state index contributed by atoms with van der Waals surface area (Å²) in [6, 6.07) is 0. The van der Waals surface area contributed by atoms with Gasteiger partial charge in [0.2, 0.25) is 0 Å². The summed E-state index contributed by atoms with van der Waals surface area (Å²) in [5, 5.41) is 9.00. The Morgan fingerprint density at radius 2 is 1.60 bits per heavy atom. The molecule has 0 radical (unpaired) electrons. The van der Waals surface area contributed by atoms with Crippen LogP contribution < -0.4 is 0 Å². The van der Waals surface area contributed by atoms with Gasteiger partial charge in [-0.3, -0.25) is 0 Å². The van der Waals surface area contributed by atoms with Gasteiger partial charge in [0.05, 0.1) is 0 Å². The van der Waals surface area contributed by atoms with Crippen LogP contribution in [0.1, 0.15) is 0 Å². The molecule has 0 heterocycles. The minimum atomic E-state index is 0. The first-order valence-corrected chi connectivity index (χ1v) is 0.365. The van der Waals surface area contributed by atoms with Gasteiger partial charge in [-0.25, -0.2) is 0 Å². The summed E-state index contributed by atoms with van der Waals surface area (Å²) in [5.41, 5.74) is 0. The van der Waals surface area contributed by atoms with Gasteiger partial charge in [0.1, 0.15) is 0 Å². The number of hydrogen-bond donors (Lipinski definition) is 0. The van der Waals surface area contributed by atoms with E-state index < -0.39 is 0 Å². The molecule has 0 aliphatic rings. The van der Waals surface area contributed by atoms with E-state index in [0.29, 0.717) is 0 Å². The van der Waals surface area contributed by atoms with Crippen LogP contribution in [-0.4, -0.2) is 0 Å². The fraction of sp³-hybridized carbons (Fsp3) is 0. The van der Waals surface area contributed by atoms with Crippen molar-refractivity contribution in [2.75, 3.05) is 0 Å². The zero-order valence-corrected chi connectivity index (χ0v) is 3.95. The molecule has 0 atom stereocenters. The SMILES string of the molecule is Cl.O=N[O-].[Fe]. The Hall–Kier alpha value is 0.209. The van der Waals surface area contributed by atoms with Gasteiger partial charge >= 0.3 is 0 Å². The van der Waals surface area contributed by atoms with Gasteiger partial charge in [0.25, 0.3) is 0 Å². The average molecular weight is 138 g/mol. The standard InChI is InChI=1S/ClH.Fe.HNO2/c;;2-1-3/h1H;;(H,2,3)/p-1. The molecule has 0 bridgehead atoms. The molecule has 0 saturated carbocycles. The molecule has 34 valence electrons. The van der Waals surface area contributed by atoms with Gasteiger partial charge in [0, 0.05) is 17.1 Å². The zero-order valence-electron chi connectivity index (χ0n) is 2.03. The van der Waals surface area contributed by atoms with Crippen LogP contribution in [-0.2, 0) is 17.1 Å². The molecule has 0 spiro atoms. The minimum absolute atomic E-state index is 0. The van der Waals surface area contributed by atoms with Gasteiger partial charge in [-0.05, 0) is 0 Å². The predicted molar refractivity (Wildman–Crippen MR) is 16.4 cm³/mol. The van der Waals surface area contributed by atoms with Crippen LogP contribution in [0.5, 0.6) is 0 Å². The normalized spacial score (nSPS) is 2.40. The molecule has 0 rings (SSSR count). The molecule has 3 nitrogen and oxygen atoms in total. The molecule has 0 aromatic heterocycles. The molecular formula is HClFeNO2-. The first-order chi connectivity index (χ1) is 1.41. The Balaban J connectivity index is -0.0000000200. The van der Waals surface area contributed by atoms with Crippen molar-refractivity contribution in [2.24, 2.45) is 5.34 Å². The first kappa shape index (κ1) is 18.9. The van der Waals surface area contributed by atoms with Crippen LogP contribution >= 0.6 is 12.4 Å². The van der Waals surface area contributed by atoms with Crippen molar-refractivity contribution in [1.82, 2.24) is 0 Å². The summed E-state index contributed by atoms with van der Waals surface area (Å²) < 4.78 is 0. The van der Waals surface area contributed by atoms with E-state index in [-0.39, 0.29) is 29.5 Å². The maximum Gasteiger partial charge on any atom is 0 e. The molecule has 0 aliphatic carbocycles. The van der Waals surface area contributed by atoms with Gasteiger partial charge < -0.3 is 10.1 Å². The smallest absolute Gasteiger partial charge is 0 e. The molecule has 0 aromatic rings. The molecule has 0 amide bonds. The fourth-order valence-electron chi connectivity index (χ4n) is 0. The van der Waals surface area contributed by atoms with Crippen molar-refractivity contribution in [3.63, 3.8) is 0 Å². The number of halogens is 1. The summed E-state index contributed by atoms with van der Waals surface area (Å²) in [5.74, 6) is 0. The van der Waals surface area contributed by atoms with Gasteiger partial charge in [-0.15, -0.1) is 17.7 Å². The van der Waals surface area contributed by atoms with Crippen molar-refractivity contribution in [3.8, 4) is 0 Å². The molecule has 0 saturated heterocycles. The average Bonchev–Trinajstić information content (AvgIpc) is 0.918. The summed E-state index contributed by atoms with van der Waals surface area (Å²) in [6.07, 6.45) is 0. The third-order valence-corrected chi connectivity index (χ3v) is 0. The monoisotopic (exact) mass is 138 g/mol. The quantitative estimate of drug-likeness (QED) is 0.281. The van der Waals surface area contributed by atoms with Crippen molar-refractivity contribution in [1.29, 1.82) is 0 Å². The fourth-order valence-corrected chi connectivity index (χ4v) is 0. The van der Waals surface area contributed by atoms with E-state index in [1.807, 2.05) is 0 Å². The molecule has 0 aromatic carbocycles. The third kappa shape index (κ3) is 468. The number of rotatable bonds is 0. The van der Waals surface area contributed by atoms with Crippen LogP contribution in [0.15, 0.2) is 5.34 Å². The van der Waals surface area contributed by atoms with Crippen LogP contribution in [0.25, 0.3) is 0 Å². The maximum atomic E-state index is 8.00. The van der Waals surface area contributed by atoms with E-state index in [1.165, 1.54) is 0 Å². The Morgan fingerprint density at radius 3 is 1.60 bits per heavy atom. The molecule has 0 fully saturated rings. The maximum absolute atomic E-state index is 8.00. The number of nitrogens with zero attached hydrogens (tertiary/aromatic N) is 1. The second-order valence-corrected chi connectivity index (χ2v) is 0.0745. The molecule has 0 aliphatic heterocycles. The molecular weight excluding hydrogens is 137 g/mol. The molecule has 0 N–H and O–H groups in total. The third-order valence-electron chi connectivity index (χ3n) is 0. The van der Waals surface area contributed by atoms with Crippen LogP contribution in [0, 0.1) is 10.1 Å². The van der Waals surface area contributed by atoms with Crippen molar-refractivity contribution < 1.29 is 17.1 Å². The summed E-state index contributed by atoms with van der Waals surface area (Å²) in [6.45, 7) is 0. The van der Waals surface area contributed by atoms with Crippen LogP contribution in [0.2, 0.25) is 0 Å². The second-order valence-electron chi connectivity index (χ2n) is 0.0745. The topological polar surface area (TPSA) is 52.5 Å². The Morgan fingerprint density at radius 1 is 1.60 bits per heavy atom. The van der Waals surface area contributed by atoms with E-state index in [4.69, 9.17) is 10.1 Å². The van der Waals surface area contributed by atoms with E-state index >= 15 is 0 Å². The summed E-state index contributed by atoms with van der Waals surface area (Å²) in [7, 11) is 0. The van der Waals surface area contributed by atoms with Gasteiger partial charge in [0.15, 0.2) is 0 Å². The van der Waals surface area contributed by atoms with Gasteiger partial charge in [-0.1, -0.05) is 0 Å². The minimum Gasteiger partial charge on any atom is -0.444 e. The largest absolute Gasteiger partial charge is 0.444 e. The molecule has 5 heavy (non-hydrogen) atoms. The van der Waals surface area contributed by atoms with Crippen LogP contribution in [0.4, 0.5) is 0 Å².